The summed E-state index contributed by atoms with van der Waals surface area (Å²) in [7, 11) is -5.97. The first-order chi connectivity index (χ1) is 16.4. The van der Waals surface area contributed by atoms with Crippen molar-refractivity contribution < 1.29 is 22.8 Å². The average molecular weight is 555 g/mol. The SMILES string of the molecule is CN1Cc2c(Cl)cc(Cl)cc2C(c2cccc(S(=O)(=O)NCc3ccc(CP(=O)(O)O)cc3)c2)C1. The van der Waals surface area contributed by atoms with E-state index in [1.165, 1.54) is 0 Å². The van der Waals surface area contributed by atoms with Gasteiger partial charge in [0.1, 0.15) is 0 Å². The fourth-order valence-corrected chi connectivity index (χ4v) is 6.62. The summed E-state index contributed by atoms with van der Waals surface area (Å²) in [6.07, 6.45) is -0.359. The van der Waals surface area contributed by atoms with Crippen molar-refractivity contribution in [3.05, 3.63) is 98.5 Å². The molecule has 0 spiro atoms. The minimum atomic E-state index is -4.16. The Hall–Kier alpha value is -1.74. The number of rotatable bonds is 7. The zero-order valence-electron chi connectivity index (χ0n) is 18.9. The fraction of sp³-hybridized carbons (Fsp3) is 0.250. The second-order valence-corrected chi connectivity index (χ2v) is 13.0. The van der Waals surface area contributed by atoms with E-state index in [4.69, 9.17) is 33.0 Å². The average Bonchev–Trinajstić information content (AvgIpc) is 2.78. The molecule has 11 heteroatoms. The van der Waals surface area contributed by atoms with E-state index >= 15 is 0 Å². The molecule has 3 N–H and O–H groups in total. The van der Waals surface area contributed by atoms with Gasteiger partial charge in [-0.1, -0.05) is 59.6 Å². The lowest BCUT2D eigenvalue weighted by Crippen LogP contribution is -2.31. The summed E-state index contributed by atoms with van der Waals surface area (Å²) in [6, 6.07) is 16.9. The molecule has 0 radical (unpaired) electrons. The van der Waals surface area contributed by atoms with Crippen molar-refractivity contribution >= 4 is 40.8 Å². The Morgan fingerprint density at radius 1 is 1.06 bits per heavy atom. The second kappa shape index (κ2) is 10.3. The maximum Gasteiger partial charge on any atom is 0.329 e. The number of benzene rings is 3. The van der Waals surface area contributed by atoms with Crippen LogP contribution in [-0.2, 0) is 33.8 Å². The Morgan fingerprint density at radius 2 is 1.74 bits per heavy atom. The van der Waals surface area contributed by atoms with Crippen LogP contribution < -0.4 is 4.72 Å². The maximum absolute atomic E-state index is 13.0. The van der Waals surface area contributed by atoms with Crippen molar-refractivity contribution in [2.75, 3.05) is 13.6 Å². The van der Waals surface area contributed by atoms with E-state index in [1.54, 1.807) is 48.5 Å². The Labute approximate surface area is 214 Å². The first-order valence-corrected chi connectivity index (χ1v) is 14.8. The molecule has 0 bridgehead atoms. The van der Waals surface area contributed by atoms with Gasteiger partial charge >= 0.3 is 7.60 Å². The van der Waals surface area contributed by atoms with E-state index in [0.29, 0.717) is 34.3 Å². The summed E-state index contributed by atoms with van der Waals surface area (Å²) in [4.78, 5) is 20.5. The topological polar surface area (TPSA) is 107 Å². The zero-order valence-corrected chi connectivity index (χ0v) is 22.1. The van der Waals surface area contributed by atoms with Crippen LogP contribution in [0.3, 0.4) is 0 Å². The molecule has 0 aromatic heterocycles. The highest BCUT2D eigenvalue weighted by atomic mass is 35.5. The van der Waals surface area contributed by atoms with E-state index in [-0.39, 0.29) is 23.5 Å². The summed E-state index contributed by atoms with van der Waals surface area (Å²) in [5, 5.41) is 1.14. The smallest absolute Gasteiger partial charge is 0.324 e. The molecule has 35 heavy (non-hydrogen) atoms. The van der Waals surface area contributed by atoms with Gasteiger partial charge in [0.2, 0.25) is 10.0 Å². The van der Waals surface area contributed by atoms with Crippen LogP contribution in [-0.4, -0.2) is 36.7 Å². The van der Waals surface area contributed by atoms with Gasteiger partial charge in [0.15, 0.2) is 0 Å². The first kappa shape index (κ1) is 26.3. The van der Waals surface area contributed by atoms with Crippen molar-refractivity contribution in [2.24, 2.45) is 0 Å². The van der Waals surface area contributed by atoms with E-state index in [9.17, 15) is 13.0 Å². The van der Waals surface area contributed by atoms with Crippen LogP contribution in [0.1, 0.15) is 33.7 Å². The molecule has 7 nitrogen and oxygen atoms in total. The highest BCUT2D eigenvalue weighted by Crippen LogP contribution is 2.40. The van der Waals surface area contributed by atoms with Crippen LogP contribution in [0.2, 0.25) is 10.0 Å². The van der Waals surface area contributed by atoms with Crippen molar-refractivity contribution in [3.8, 4) is 0 Å². The minimum Gasteiger partial charge on any atom is -0.324 e. The molecule has 0 saturated heterocycles. The van der Waals surface area contributed by atoms with Gasteiger partial charge in [0.25, 0.3) is 0 Å². The minimum absolute atomic E-state index is 0.0446. The number of nitrogens with one attached hydrogen (secondary N) is 1. The van der Waals surface area contributed by atoms with E-state index < -0.39 is 17.6 Å². The lowest BCUT2D eigenvalue weighted by Gasteiger charge is -2.33. The van der Waals surface area contributed by atoms with Gasteiger partial charge < -0.3 is 14.7 Å². The van der Waals surface area contributed by atoms with Gasteiger partial charge in [-0.05, 0) is 59.1 Å². The number of sulfonamides is 1. The lowest BCUT2D eigenvalue weighted by molar-refractivity contribution is 0.295. The van der Waals surface area contributed by atoms with E-state index in [1.807, 2.05) is 19.2 Å². The van der Waals surface area contributed by atoms with Crippen molar-refractivity contribution in [2.45, 2.75) is 30.1 Å². The van der Waals surface area contributed by atoms with Crippen LogP contribution in [0.25, 0.3) is 0 Å². The van der Waals surface area contributed by atoms with Gasteiger partial charge in [-0.3, -0.25) is 4.57 Å². The number of likely N-dealkylation sites (N-methyl/N-ethyl adjacent to an activating group) is 1. The highest BCUT2D eigenvalue weighted by Gasteiger charge is 2.28. The number of hydrogen-bond acceptors (Lipinski definition) is 4. The number of hydrogen-bond donors (Lipinski definition) is 3. The van der Waals surface area contributed by atoms with E-state index in [0.717, 1.165) is 16.7 Å². The molecule has 1 heterocycles. The normalized spacial score (nSPS) is 16.8. The predicted molar refractivity (Wildman–Crippen MR) is 137 cm³/mol. The second-order valence-electron chi connectivity index (χ2n) is 8.74. The Kier molecular flexibility index (Phi) is 7.77. The van der Waals surface area contributed by atoms with Crippen LogP contribution in [0.4, 0.5) is 0 Å². The summed E-state index contributed by atoms with van der Waals surface area (Å²) in [5.74, 6) is -0.0864. The number of halogens is 2. The zero-order chi connectivity index (χ0) is 25.4. The van der Waals surface area contributed by atoms with Gasteiger partial charge in [0.05, 0.1) is 11.1 Å². The third-order valence-corrected chi connectivity index (χ3v) is 8.67. The van der Waals surface area contributed by atoms with Crippen LogP contribution in [0, 0.1) is 0 Å². The standard InChI is InChI=1S/C24H25Cl2N2O5PS/c1-28-13-22(21-10-19(25)11-24(26)23(21)14-28)18-3-2-4-20(9-18)35(32,33)27-12-16-5-7-17(8-6-16)15-34(29,30)31/h2-11,22,27H,12-15H2,1H3,(H2,29,30,31). The monoisotopic (exact) mass is 554 g/mol. The first-order valence-electron chi connectivity index (χ1n) is 10.8. The molecule has 186 valence electrons. The van der Waals surface area contributed by atoms with Gasteiger partial charge in [0, 0.05) is 35.6 Å². The Bertz CT molecular complexity index is 1390. The van der Waals surface area contributed by atoms with E-state index in [2.05, 4.69) is 9.62 Å². The molecule has 1 atom stereocenters. The molecule has 4 rings (SSSR count). The molecule has 3 aromatic rings. The Balaban J connectivity index is 1.55. The van der Waals surface area contributed by atoms with Gasteiger partial charge in [-0.25, -0.2) is 13.1 Å². The summed E-state index contributed by atoms with van der Waals surface area (Å²) < 4.78 is 39.8. The molecule has 0 aliphatic carbocycles. The third kappa shape index (κ3) is 6.53. The van der Waals surface area contributed by atoms with Crippen LogP contribution in [0.15, 0.2) is 65.6 Å². The number of fused-ring (bicyclic) bond motifs is 1. The molecular formula is C24H25Cl2N2O5PS. The van der Waals surface area contributed by atoms with Crippen LogP contribution in [0.5, 0.6) is 0 Å². The predicted octanol–water partition coefficient (Wildman–Crippen LogP) is 4.73. The summed E-state index contributed by atoms with van der Waals surface area (Å²) >= 11 is 12.7. The summed E-state index contributed by atoms with van der Waals surface area (Å²) in [6.45, 7) is 1.43. The molecule has 0 saturated carbocycles. The van der Waals surface area contributed by atoms with Crippen molar-refractivity contribution in [1.29, 1.82) is 0 Å². The van der Waals surface area contributed by atoms with Gasteiger partial charge in [-0.15, -0.1) is 0 Å². The third-order valence-electron chi connectivity index (χ3n) is 5.94. The maximum atomic E-state index is 13.0. The van der Waals surface area contributed by atoms with Gasteiger partial charge in [-0.2, -0.15) is 0 Å². The highest BCUT2D eigenvalue weighted by molar-refractivity contribution is 7.89. The molecule has 0 amide bonds. The molecule has 3 aromatic carbocycles. The van der Waals surface area contributed by atoms with Crippen LogP contribution >= 0.6 is 30.8 Å². The van der Waals surface area contributed by atoms with Crippen molar-refractivity contribution in [3.63, 3.8) is 0 Å². The quantitative estimate of drug-likeness (QED) is 0.364. The fourth-order valence-electron chi connectivity index (χ4n) is 4.29. The molecule has 1 aliphatic heterocycles. The molecular weight excluding hydrogens is 530 g/mol. The largest absolute Gasteiger partial charge is 0.329 e. The lowest BCUT2D eigenvalue weighted by atomic mass is 9.85. The summed E-state index contributed by atoms with van der Waals surface area (Å²) in [5.41, 5.74) is 3.99. The number of nitrogens with zero attached hydrogens (tertiary/aromatic N) is 1. The van der Waals surface area contributed by atoms with Crippen molar-refractivity contribution in [1.82, 2.24) is 9.62 Å². The molecule has 0 fully saturated rings. The Morgan fingerprint density at radius 3 is 2.43 bits per heavy atom. The molecule has 1 aliphatic rings. The molecule has 1 unspecified atom stereocenters.